The van der Waals surface area contributed by atoms with E-state index in [1.807, 2.05) is 4.90 Å². The number of piperazine rings is 1. The van der Waals surface area contributed by atoms with Gasteiger partial charge in [0.15, 0.2) is 0 Å². The zero-order valence-corrected chi connectivity index (χ0v) is 18.6. The molecular formula is C20H31Cl2FN4O3. The van der Waals surface area contributed by atoms with Crippen molar-refractivity contribution in [2.45, 2.75) is 25.3 Å². The Kier molecular flexibility index (Phi) is 11.4. The van der Waals surface area contributed by atoms with Crippen LogP contribution in [0.15, 0.2) is 24.3 Å². The SMILES string of the molecule is Cl.Cl.NC(C(=O)NCCC(=O)N1CCN(c2ccc(F)cc2)CC1)C1CCOCC1. The molecule has 2 aliphatic rings. The van der Waals surface area contributed by atoms with E-state index in [4.69, 9.17) is 10.5 Å². The second kappa shape index (κ2) is 12.9. The van der Waals surface area contributed by atoms with Crippen molar-refractivity contribution in [2.24, 2.45) is 11.7 Å². The molecule has 2 amide bonds. The molecule has 1 aromatic rings. The molecule has 30 heavy (non-hydrogen) atoms. The molecule has 2 aliphatic heterocycles. The number of benzene rings is 1. The van der Waals surface area contributed by atoms with Crippen molar-refractivity contribution in [3.8, 4) is 0 Å². The van der Waals surface area contributed by atoms with Crippen LogP contribution in [0.5, 0.6) is 0 Å². The van der Waals surface area contributed by atoms with Gasteiger partial charge in [-0.1, -0.05) is 0 Å². The summed E-state index contributed by atoms with van der Waals surface area (Å²) in [5.74, 6) is -0.278. The topological polar surface area (TPSA) is 87.9 Å². The van der Waals surface area contributed by atoms with E-state index in [1.165, 1.54) is 12.1 Å². The van der Waals surface area contributed by atoms with Gasteiger partial charge in [0.25, 0.3) is 0 Å². The third kappa shape index (κ3) is 7.27. The van der Waals surface area contributed by atoms with Crippen molar-refractivity contribution < 1.29 is 18.7 Å². The highest BCUT2D eigenvalue weighted by molar-refractivity contribution is 5.85. The average Bonchev–Trinajstić information content (AvgIpc) is 2.74. The molecule has 7 nitrogen and oxygen atoms in total. The third-order valence-corrected chi connectivity index (χ3v) is 5.54. The van der Waals surface area contributed by atoms with E-state index >= 15 is 0 Å². The van der Waals surface area contributed by atoms with E-state index in [-0.39, 0.29) is 54.8 Å². The number of rotatable bonds is 6. The van der Waals surface area contributed by atoms with Crippen LogP contribution in [0.25, 0.3) is 0 Å². The third-order valence-electron chi connectivity index (χ3n) is 5.54. The monoisotopic (exact) mass is 464 g/mol. The van der Waals surface area contributed by atoms with E-state index in [0.29, 0.717) is 45.9 Å². The Morgan fingerprint density at radius 2 is 1.70 bits per heavy atom. The Labute approximate surface area is 189 Å². The minimum atomic E-state index is -0.543. The zero-order chi connectivity index (χ0) is 19.9. The van der Waals surface area contributed by atoms with Crippen LogP contribution in [0.2, 0.25) is 0 Å². The van der Waals surface area contributed by atoms with E-state index in [0.717, 1.165) is 18.5 Å². The fraction of sp³-hybridized carbons (Fsp3) is 0.600. The molecular weight excluding hydrogens is 434 g/mol. The number of nitrogens with two attached hydrogens (primary N) is 1. The van der Waals surface area contributed by atoms with Gasteiger partial charge in [0, 0.05) is 58.0 Å². The minimum Gasteiger partial charge on any atom is -0.381 e. The van der Waals surface area contributed by atoms with Crippen molar-refractivity contribution >= 4 is 42.3 Å². The lowest BCUT2D eigenvalue weighted by atomic mass is 9.92. The predicted molar refractivity (Wildman–Crippen MR) is 119 cm³/mol. The van der Waals surface area contributed by atoms with Crippen molar-refractivity contribution in [1.29, 1.82) is 0 Å². The summed E-state index contributed by atoms with van der Waals surface area (Å²) in [6.07, 6.45) is 1.86. The summed E-state index contributed by atoms with van der Waals surface area (Å²) in [6.45, 7) is 4.24. The summed E-state index contributed by atoms with van der Waals surface area (Å²) in [6, 6.07) is 5.85. The lowest BCUT2D eigenvalue weighted by molar-refractivity contribution is -0.131. The maximum absolute atomic E-state index is 13.0. The molecule has 0 saturated carbocycles. The lowest BCUT2D eigenvalue weighted by Crippen LogP contribution is -2.50. The van der Waals surface area contributed by atoms with Gasteiger partial charge in [0.1, 0.15) is 5.82 Å². The summed E-state index contributed by atoms with van der Waals surface area (Å²) in [5.41, 5.74) is 7.00. The van der Waals surface area contributed by atoms with E-state index < -0.39 is 6.04 Å². The highest BCUT2D eigenvalue weighted by Gasteiger charge is 2.27. The van der Waals surface area contributed by atoms with Gasteiger partial charge in [-0.05, 0) is 43.0 Å². The first-order chi connectivity index (χ1) is 13.5. The van der Waals surface area contributed by atoms with Gasteiger partial charge in [-0.15, -0.1) is 24.8 Å². The Balaban J connectivity index is 0.00000225. The molecule has 3 N–H and O–H groups in total. The minimum absolute atomic E-state index is 0. The number of anilines is 1. The van der Waals surface area contributed by atoms with E-state index in [1.54, 1.807) is 12.1 Å². The first-order valence-electron chi connectivity index (χ1n) is 9.94. The van der Waals surface area contributed by atoms with Gasteiger partial charge in [-0.3, -0.25) is 9.59 Å². The standard InChI is InChI=1S/C20H29FN4O3.2ClH/c21-16-1-3-17(4-2-16)24-9-11-25(12-10-24)18(26)5-8-23-20(27)19(22)15-6-13-28-14-7-15;;/h1-4,15,19H,5-14,22H2,(H,23,27);2*1H. The van der Waals surface area contributed by atoms with Crippen LogP contribution in [0.3, 0.4) is 0 Å². The van der Waals surface area contributed by atoms with Crippen LogP contribution in [0.1, 0.15) is 19.3 Å². The molecule has 10 heteroatoms. The average molecular weight is 465 g/mol. The number of nitrogens with zero attached hydrogens (tertiary/aromatic N) is 2. The molecule has 2 fully saturated rings. The molecule has 0 radical (unpaired) electrons. The lowest BCUT2D eigenvalue weighted by Gasteiger charge is -2.36. The van der Waals surface area contributed by atoms with E-state index in [2.05, 4.69) is 10.2 Å². The molecule has 3 rings (SSSR count). The zero-order valence-electron chi connectivity index (χ0n) is 16.9. The Bertz CT molecular complexity index is 667. The molecule has 1 unspecified atom stereocenters. The van der Waals surface area contributed by atoms with Crippen molar-refractivity contribution in [3.63, 3.8) is 0 Å². The number of carbonyl (C=O) groups excluding carboxylic acids is 2. The van der Waals surface area contributed by atoms with Gasteiger partial charge >= 0.3 is 0 Å². The number of nitrogens with one attached hydrogen (secondary N) is 1. The van der Waals surface area contributed by atoms with Gasteiger partial charge in [-0.25, -0.2) is 4.39 Å². The van der Waals surface area contributed by atoms with E-state index in [9.17, 15) is 14.0 Å². The molecule has 2 heterocycles. The highest BCUT2D eigenvalue weighted by Crippen LogP contribution is 2.18. The molecule has 170 valence electrons. The normalized spacial score (nSPS) is 18.1. The summed E-state index contributed by atoms with van der Waals surface area (Å²) in [5, 5.41) is 2.79. The fourth-order valence-corrected chi connectivity index (χ4v) is 3.72. The number of hydrogen-bond acceptors (Lipinski definition) is 5. The van der Waals surface area contributed by atoms with Gasteiger partial charge < -0.3 is 25.6 Å². The predicted octanol–water partition coefficient (Wildman–Crippen LogP) is 1.58. The van der Waals surface area contributed by atoms with Crippen molar-refractivity contribution in [3.05, 3.63) is 30.1 Å². The highest BCUT2D eigenvalue weighted by atomic mass is 35.5. The Morgan fingerprint density at radius 3 is 2.30 bits per heavy atom. The summed E-state index contributed by atoms with van der Waals surface area (Å²) in [4.78, 5) is 28.5. The van der Waals surface area contributed by atoms with Crippen LogP contribution in [-0.4, -0.2) is 68.7 Å². The van der Waals surface area contributed by atoms with Crippen LogP contribution in [-0.2, 0) is 14.3 Å². The molecule has 0 aliphatic carbocycles. The van der Waals surface area contributed by atoms with Crippen LogP contribution < -0.4 is 16.0 Å². The second-order valence-corrected chi connectivity index (χ2v) is 7.36. The maximum Gasteiger partial charge on any atom is 0.237 e. The quantitative estimate of drug-likeness (QED) is 0.666. The number of halogens is 3. The molecule has 2 saturated heterocycles. The largest absolute Gasteiger partial charge is 0.381 e. The summed E-state index contributed by atoms with van der Waals surface area (Å²) < 4.78 is 18.3. The van der Waals surface area contributed by atoms with Gasteiger partial charge in [0.2, 0.25) is 11.8 Å². The fourth-order valence-electron chi connectivity index (χ4n) is 3.72. The first-order valence-corrected chi connectivity index (χ1v) is 9.94. The molecule has 0 aromatic heterocycles. The maximum atomic E-state index is 13.0. The number of hydrogen-bond donors (Lipinski definition) is 2. The molecule has 0 bridgehead atoms. The number of amides is 2. The first kappa shape index (κ1) is 26.4. The van der Waals surface area contributed by atoms with Crippen molar-refractivity contribution in [1.82, 2.24) is 10.2 Å². The second-order valence-electron chi connectivity index (χ2n) is 7.36. The summed E-state index contributed by atoms with van der Waals surface area (Å²) >= 11 is 0. The van der Waals surface area contributed by atoms with Crippen LogP contribution >= 0.6 is 24.8 Å². The van der Waals surface area contributed by atoms with Crippen LogP contribution in [0, 0.1) is 11.7 Å². The van der Waals surface area contributed by atoms with Crippen LogP contribution in [0.4, 0.5) is 10.1 Å². The number of carbonyl (C=O) groups is 2. The summed E-state index contributed by atoms with van der Waals surface area (Å²) in [7, 11) is 0. The molecule has 1 atom stereocenters. The smallest absolute Gasteiger partial charge is 0.237 e. The van der Waals surface area contributed by atoms with Gasteiger partial charge in [0.05, 0.1) is 6.04 Å². The van der Waals surface area contributed by atoms with Gasteiger partial charge in [-0.2, -0.15) is 0 Å². The Hall–Kier alpha value is -1.61. The van der Waals surface area contributed by atoms with Crippen molar-refractivity contribution in [2.75, 3.05) is 50.8 Å². The molecule has 0 spiro atoms. The number of ether oxygens (including phenoxy) is 1. The Morgan fingerprint density at radius 1 is 1.10 bits per heavy atom. The molecule has 1 aromatic carbocycles.